The zero-order valence-corrected chi connectivity index (χ0v) is 15.5. The van der Waals surface area contributed by atoms with Crippen molar-refractivity contribution in [3.8, 4) is 0 Å². The minimum absolute atomic E-state index is 0.366. The Balaban J connectivity index is 1.58. The highest BCUT2D eigenvalue weighted by Gasteiger charge is 2.25. The summed E-state index contributed by atoms with van der Waals surface area (Å²) >= 11 is 0. The molecule has 0 radical (unpaired) electrons. The molecule has 0 bridgehead atoms. The number of fused-ring (bicyclic) bond motifs is 2. The smallest absolute Gasteiger partial charge is 0.339 e. The maximum Gasteiger partial charge on any atom is 0.339 e. The monoisotopic (exact) mass is 376 g/mol. The fourth-order valence-electron chi connectivity index (χ4n) is 3.40. The first-order valence-electron chi connectivity index (χ1n) is 9.08. The molecule has 0 saturated carbocycles. The highest BCUT2D eigenvalue weighted by Crippen LogP contribution is 2.28. The van der Waals surface area contributed by atoms with Crippen LogP contribution in [0.15, 0.2) is 48.8 Å². The fourth-order valence-corrected chi connectivity index (χ4v) is 3.40. The molecular weight excluding hydrogens is 356 g/mol. The van der Waals surface area contributed by atoms with Gasteiger partial charge in [0, 0.05) is 42.4 Å². The number of amides is 1. The van der Waals surface area contributed by atoms with E-state index in [2.05, 4.69) is 15.2 Å². The van der Waals surface area contributed by atoms with Gasteiger partial charge in [-0.15, -0.1) is 0 Å². The normalized spacial score (nSPS) is 13.8. The van der Waals surface area contributed by atoms with E-state index >= 15 is 0 Å². The molecule has 28 heavy (non-hydrogen) atoms. The van der Waals surface area contributed by atoms with Gasteiger partial charge >= 0.3 is 5.97 Å². The maximum atomic E-state index is 12.9. The van der Waals surface area contributed by atoms with Crippen molar-refractivity contribution in [2.45, 2.75) is 13.0 Å². The molecule has 0 aliphatic carbocycles. The molecule has 0 saturated heterocycles. The van der Waals surface area contributed by atoms with Crippen LogP contribution in [0, 0.1) is 0 Å². The number of aromatic nitrogens is 2. The third-order valence-electron chi connectivity index (χ3n) is 4.72. The number of rotatable bonds is 4. The van der Waals surface area contributed by atoms with E-state index in [1.54, 1.807) is 18.3 Å². The van der Waals surface area contributed by atoms with E-state index in [-0.39, 0.29) is 6.61 Å². The molecule has 0 unspecified atom stereocenters. The number of anilines is 1. The Morgan fingerprint density at radius 2 is 2.07 bits per heavy atom. The van der Waals surface area contributed by atoms with Crippen molar-refractivity contribution in [3.05, 3.63) is 65.6 Å². The van der Waals surface area contributed by atoms with Crippen molar-refractivity contribution in [2.24, 2.45) is 0 Å². The van der Waals surface area contributed by atoms with E-state index in [0.717, 1.165) is 35.1 Å². The summed E-state index contributed by atoms with van der Waals surface area (Å²) in [7, 11) is 2.01. The molecule has 0 fully saturated rings. The van der Waals surface area contributed by atoms with Crippen LogP contribution in [0.3, 0.4) is 0 Å². The van der Waals surface area contributed by atoms with Crippen LogP contribution in [0.2, 0.25) is 0 Å². The van der Waals surface area contributed by atoms with E-state index in [1.807, 2.05) is 31.3 Å². The van der Waals surface area contributed by atoms with Crippen molar-refractivity contribution >= 4 is 28.5 Å². The summed E-state index contributed by atoms with van der Waals surface area (Å²) in [5.74, 6) is -0.919. The van der Waals surface area contributed by atoms with Gasteiger partial charge in [-0.05, 0) is 25.2 Å². The second-order valence-electron chi connectivity index (χ2n) is 6.78. The largest absolute Gasteiger partial charge is 0.452 e. The first-order valence-corrected chi connectivity index (χ1v) is 9.08. The van der Waals surface area contributed by atoms with Crippen molar-refractivity contribution < 1.29 is 14.3 Å². The lowest BCUT2D eigenvalue weighted by Gasteiger charge is -2.26. The van der Waals surface area contributed by atoms with Gasteiger partial charge in [-0.25, -0.2) is 4.79 Å². The van der Waals surface area contributed by atoms with Gasteiger partial charge in [-0.1, -0.05) is 18.2 Å². The first kappa shape index (κ1) is 18.1. The maximum absolute atomic E-state index is 12.9. The van der Waals surface area contributed by atoms with Crippen LogP contribution in [0.4, 0.5) is 5.69 Å². The summed E-state index contributed by atoms with van der Waals surface area (Å²) in [6.07, 6.45) is 3.92. The number of carbonyl (C=O) groups excluding carboxylic acids is 2. The Hall–Kier alpha value is -3.32. The molecule has 3 aromatic rings. The minimum Gasteiger partial charge on any atom is -0.452 e. The number of ether oxygens (including phenoxy) is 1. The Morgan fingerprint density at radius 1 is 1.21 bits per heavy atom. The van der Waals surface area contributed by atoms with Gasteiger partial charge < -0.3 is 15.0 Å². The summed E-state index contributed by atoms with van der Waals surface area (Å²) < 4.78 is 5.35. The van der Waals surface area contributed by atoms with Gasteiger partial charge in [-0.2, -0.15) is 0 Å². The van der Waals surface area contributed by atoms with Gasteiger partial charge in [0.15, 0.2) is 6.61 Å². The molecule has 7 heteroatoms. The number of esters is 1. The molecule has 2 aromatic heterocycles. The molecule has 1 amide bonds. The van der Waals surface area contributed by atoms with Crippen LogP contribution in [-0.2, 0) is 22.5 Å². The number of nitrogens with zero attached hydrogens (tertiary/aromatic N) is 3. The molecule has 142 valence electrons. The van der Waals surface area contributed by atoms with Crippen LogP contribution in [0.1, 0.15) is 21.6 Å². The predicted molar refractivity (Wildman–Crippen MR) is 105 cm³/mol. The number of hydrogen-bond acceptors (Lipinski definition) is 6. The average molecular weight is 376 g/mol. The van der Waals surface area contributed by atoms with E-state index < -0.39 is 11.9 Å². The minimum atomic E-state index is -0.508. The lowest BCUT2D eigenvalue weighted by molar-refractivity contribution is -0.119. The second kappa shape index (κ2) is 7.74. The van der Waals surface area contributed by atoms with Crippen LogP contribution >= 0.6 is 0 Å². The van der Waals surface area contributed by atoms with E-state index in [4.69, 9.17) is 9.72 Å². The summed E-state index contributed by atoms with van der Waals surface area (Å²) in [5, 5.41) is 3.40. The number of nitrogens with one attached hydrogen (secondary N) is 1. The van der Waals surface area contributed by atoms with Gasteiger partial charge in [0.1, 0.15) is 0 Å². The molecule has 0 spiro atoms. The molecule has 1 aromatic carbocycles. The third-order valence-corrected chi connectivity index (χ3v) is 4.72. The predicted octanol–water partition coefficient (Wildman–Crippen LogP) is 2.41. The van der Waals surface area contributed by atoms with Gasteiger partial charge in [-0.3, -0.25) is 14.8 Å². The standard InChI is InChI=1S/C21H20N4O3/c1-25-10-8-18-16(12-25)20(15-6-2-3-7-17(15)24-18)21(27)28-13-19(26)23-14-5-4-9-22-11-14/h2-7,9,11H,8,10,12-13H2,1H3,(H,23,26). The van der Waals surface area contributed by atoms with Crippen LogP contribution in [0.5, 0.6) is 0 Å². The molecule has 1 N–H and O–H groups in total. The number of likely N-dealkylation sites (N-methyl/N-ethyl adjacent to an activating group) is 1. The van der Waals surface area contributed by atoms with Crippen LogP contribution in [0.25, 0.3) is 10.9 Å². The van der Waals surface area contributed by atoms with Crippen LogP contribution in [-0.4, -0.2) is 46.9 Å². The van der Waals surface area contributed by atoms with Gasteiger partial charge in [0.05, 0.1) is 23.0 Å². The number of para-hydroxylation sites is 1. The summed E-state index contributed by atoms with van der Waals surface area (Å²) in [6.45, 7) is 1.15. The highest BCUT2D eigenvalue weighted by molar-refractivity contribution is 6.06. The van der Waals surface area contributed by atoms with Gasteiger partial charge in [0.25, 0.3) is 5.91 Å². The average Bonchev–Trinajstić information content (AvgIpc) is 2.71. The fraction of sp³-hybridized carbons (Fsp3) is 0.238. The molecule has 4 rings (SSSR count). The number of hydrogen-bond donors (Lipinski definition) is 1. The topological polar surface area (TPSA) is 84.4 Å². The summed E-state index contributed by atoms with van der Waals surface area (Å²) in [4.78, 5) is 35.9. The summed E-state index contributed by atoms with van der Waals surface area (Å²) in [6, 6.07) is 11.0. The van der Waals surface area contributed by atoms with Crippen molar-refractivity contribution in [3.63, 3.8) is 0 Å². The number of pyridine rings is 2. The first-order chi connectivity index (χ1) is 13.6. The van der Waals surface area contributed by atoms with Crippen LogP contribution < -0.4 is 5.32 Å². The van der Waals surface area contributed by atoms with E-state index in [1.165, 1.54) is 6.20 Å². The molecule has 7 nitrogen and oxygen atoms in total. The molecule has 1 aliphatic heterocycles. The zero-order valence-electron chi connectivity index (χ0n) is 15.5. The Kier molecular flexibility index (Phi) is 4.99. The molecule has 1 aliphatic rings. The highest BCUT2D eigenvalue weighted by atomic mass is 16.5. The zero-order chi connectivity index (χ0) is 19.5. The number of benzene rings is 1. The van der Waals surface area contributed by atoms with Crippen molar-refractivity contribution in [1.82, 2.24) is 14.9 Å². The van der Waals surface area contributed by atoms with Gasteiger partial charge in [0.2, 0.25) is 0 Å². The quantitative estimate of drug-likeness (QED) is 0.704. The Bertz CT molecular complexity index is 1040. The summed E-state index contributed by atoms with van der Waals surface area (Å²) in [5.41, 5.74) is 3.62. The second-order valence-corrected chi connectivity index (χ2v) is 6.78. The van der Waals surface area contributed by atoms with Crippen molar-refractivity contribution in [2.75, 3.05) is 25.5 Å². The Morgan fingerprint density at radius 3 is 2.89 bits per heavy atom. The molecular formula is C21H20N4O3. The lowest BCUT2D eigenvalue weighted by Crippen LogP contribution is -2.30. The van der Waals surface area contributed by atoms with E-state index in [9.17, 15) is 9.59 Å². The third kappa shape index (κ3) is 3.70. The number of carbonyl (C=O) groups is 2. The Labute approximate surface area is 162 Å². The van der Waals surface area contributed by atoms with Crippen molar-refractivity contribution in [1.29, 1.82) is 0 Å². The molecule has 0 atom stereocenters. The van der Waals surface area contributed by atoms with E-state index in [0.29, 0.717) is 17.8 Å². The lowest BCUT2D eigenvalue weighted by atomic mass is 9.96. The SMILES string of the molecule is CN1CCc2nc3ccccc3c(C(=O)OCC(=O)Nc3cccnc3)c2C1. The molecule has 3 heterocycles.